The normalized spacial score (nSPS) is 55.6. The highest BCUT2D eigenvalue weighted by Gasteiger charge is 2.69. The molecule has 2 heterocycles. The first kappa shape index (κ1) is 15.7. The predicted octanol–water partition coefficient (Wildman–Crippen LogP) is 4.46. The second-order valence-corrected chi connectivity index (χ2v) is 10.3. The third-order valence-corrected chi connectivity index (χ3v) is 9.71. The molecule has 0 radical (unpaired) electrons. The summed E-state index contributed by atoms with van der Waals surface area (Å²) in [6, 6.07) is 0. The van der Waals surface area contributed by atoms with Gasteiger partial charge < -0.3 is 14.2 Å². The average Bonchev–Trinajstić information content (AvgIpc) is 3.18. The Labute approximate surface area is 151 Å². The minimum Gasteiger partial charge on any atom is -0.369 e. The quantitative estimate of drug-likeness (QED) is 0.480. The Morgan fingerprint density at radius 3 is 2.44 bits per heavy atom. The van der Waals surface area contributed by atoms with Crippen LogP contribution in [-0.2, 0) is 14.2 Å². The molecule has 3 heteroatoms. The summed E-state index contributed by atoms with van der Waals surface area (Å²) in [4.78, 5) is 0. The molecule has 2 aliphatic heterocycles. The number of rotatable bonds is 0. The van der Waals surface area contributed by atoms with Gasteiger partial charge in [0.05, 0.1) is 25.4 Å². The number of epoxide rings is 1. The molecule has 0 unspecified atom stereocenters. The molecule has 0 bridgehead atoms. The van der Waals surface area contributed by atoms with Gasteiger partial charge in [-0.2, -0.15) is 0 Å². The second-order valence-electron chi connectivity index (χ2n) is 10.3. The predicted molar refractivity (Wildman–Crippen MR) is 95.0 cm³/mol. The summed E-state index contributed by atoms with van der Waals surface area (Å²) in [7, 11) is 0. The monoisotopic (exact) mass is 344 g/mol. The first-order valence-corrected chi connectivity index (χ1v) is 10.6. The molecule has 0 amide bonds. The summed E-state index contributed by atoms with van der Waals surface area (Å²) in [6.45, 7) is 7.72. The minimum atomic E-state index is -0.277. The van der Waals surface area contributed by atoms with E-state index in [0.29, 0.717) is 10.8 Å². The molecule has 0 aromatic rings. The largest absolute Gasteiger partial charge is 0.369 e. The summed E-state index contributed by atoms with van der Waals surface area (Å²) in [5, 5.41) is 0. The Bertz CT molecular complexity index is 629. The van der Waals surface area contributed by atoms with E-state index in [9.17, 15) is 0 Å². The van der Waals surface area contributed by atoms with Crippen molar-refractivity contribution < 1.29 is 14.2 Å². The van der Waals surface area contributed by atoms with Crippen LogP contribution in [0.4, 0.5) is 0 Å². The second kappa shape index (κ2) is 4.72. The summed E-state index contributed by atoms with van der Waals surface area (Å²) in [6.07, 6.45) is 12.7. The third kappa shape index (κ3) is 1.83. The zero-order valence-corrected chi connectivity index (χ0v) is 15.8. The maximum atomic E-state index is 6.06. The van der Waals surface area contributed by atoms with Crippen molar-refractivity contribution in [2.45, 2.75) is 76.6 Å². The van der Waals surface area contributed by atoms with Gasteiger partial charge in [-0.25, -0.2) is 0 Å². The lowest BCUT2D eigenvalue weighted by Crippen LogP contribution is -2.53. The number of hydrogen-bond acceptors (Lipinski definition) is 3. The van der Waals surface area contributed by atoms with Gasteiger partial charge in [-0.15, -0.1) is 0 Å². The van der Waals surface area contributed by atoms with Crippen molar-refractivity contribution in [3.05, 3.63) is 11.6 Å². The Balaban J connectivity index is 1.33. The summed E-state index contributed by atoms with van der Waals surface area (Å²) >= 11 is 0. The van der Waals surface area contributed by atoms with E-state index in [1.165, 1.54) is 38.5 Å². The maximum absolute atomic E-state index is 6.06. The van der Waals surface area contributed by atoms with Crippen LogP contribution in [-0.4, -0.2) is 31.2 Å². The van der Waals surface area contributed by atoms with Crippen molar-refractivity contribution in [1.82, 2.24) is 0 Å². The van der Waals surface area contributed by atoms with Crippen LogP contribution in [0, 0.1) is 28.6 Å². The Kier molecular flexibility index (Phi) is 2.95. The molecule has 6 rings (SSSR count). The fraction of sp³-hybridized carbons (Fsp3) is 0.909. The van der Waals surface area contributed by atoms with Crippen LogP contribution >= 0.6 is 0 Å². The van der Waals surface area contributed by atoms with Gasteiger partial charge in [-0.05, 0) is 61.7 Å². The fourth-order valence-corrected chi connectivity index (χ4v) is 8.00. The van der Waals surface area contributed by atoms with Crippen LogP contribution in [0.3, 0.4) is 0 Å². The van der Waals surface area contributed by atoms with E-state index in [-0.39, 0.29) is 11.4 Å². The van der Waals surface area contributed by atoms with Crippen molar-refractivity contribution >= 4 is 0 Å². The van der Waals surface area contributed by atoms with Gasteiger partial charge in [-0.3, -0.25) is 0 Å². The van der Waals surface area contributed by atoms with Crippen molar-refractivity contribution in [2.75, 3.05) is 19.8 Å². The first-order valence-electron chi connectivity index (χ1n) is 10.6. The van der Waals surface area contributed by atoms with Crippen LogP contribution in [0.5, 0.6) is 0 Å². The third-order valence-electron chi connectivity index (χ3n) is 9.71. The molecule has 3 nitrogen and oxygen atoms in total. The molecule has 25 heavy (non-hydrogen) atoms. The van der Waals surface area contributed by atoms with E-state index in [2.05, 4.69) is 19.9 Å². The topological polar surface area (TPSA) is 31.0 Å². The molecule has 6 atom stereocenters. The molecule has 2 saturated heterocycles. The molecular formula is C22H32O3. The van der Waals surface area contributed by atoms with Gasteiger partial charge >= 0.3 is 0 Å². The summed E-state index contributed by atoms with van der Waals surface area (Å²) in [5.74, 6) is 2.33. The SMILES string of the molecule is C[C@]12CCC3(CC1=CC[C@@H]1[C@H]4CC[C@]5(CO5)[C@@]4(C)CC[C@@H]12)OCCO3. The first-order chi connectivity index (χ1) is 12.0. The molecule has 0 aromatic carbocycles. The Morgan fingerprint density at radius 1 is 0.920 bits per heavy atom. The zero-order valence-electron chi connectivity index (χ0n) is 15.8. The lowest BCUT2D eigenvalue weighted by molar-refractivity contribution is -0.185. The Hall–Kier alpha value is -0.380. The molecule has 4 aliphatic carbocycles. The molecular weight excluding hydrogens is 312 g/mol. The lowest BCUT2D eigenvalue weighted by atomic mass is 9.47. The van der Waals surface area contributed by atoms with Crippen LogP contribution in [0.25, 0.3) is 0 Å². The summed E-state index contributed by atoms with van der Waals surface area (Å²) < 4.78 is 18.2. The molecule has 2 spiro atoms. The molecule has 0 aromatic heterocycles. The number of ether oxygens (including phenoxy) is 3. The van der Waals surface area contributed by atoms with Gasteiger partial charge in [0.2, 0.25) is 0 Å². The van der Waals surface area contributed by atoms with Crippen molar-refractivity contribution in [1.29, 1.82) is 0 Å². The number of hydrogen-bond donors (Lipinski definition) is 0. The van der Waals surface area contributed by atoms with Crippen LogP contribution < -0.4 is 0 Å². The van der Waals surface area contributed by atoms with E-state index in [1.54, 1.807) is 5.57 Å². The number of fused-ring (bicyclic) bond motifs is 6. The van der Waals surface area contributed by atoms with Gasteiger partial charge in [0, 0.05) is 18.3 Å². The smallest absolute Gasteiger partial charge is 0.172 e. The van der Waals surface area contributed by atoms with E-state index in [4.69, 9.17) is 14.2 Å². The molecule has 6 aliphatic rings. The van der Waals surface area contributed by atoms with E-state index >= 15 is 0 Å². The molecule has 3 saturated carbocycles. The van der Waals surface area contributed by atoms with Gasteiger partial charge in [0.25, 0.3) is 0 Å². The van der Waals surface area contributed by atoms with Crippen molar-refractivity contribution in [2.24, 2.45) is 28.6 Å². The van der Waals surface area contributed by atoms with E-state index < -0.39 is 0 Å². The highest BCUT2D eigenvalue weighted by atomic mass is 16.7. The lowest BCUT2D eigenvalue weighted by Gasteiger charge is -2.58. The van der Waals surface area contributed by atoms with Gasteiger partial charge in [0.15, 0.2) is 5.79 Å². The van der Waals surface area contributed by atoms with Gasteiger partial charge in [-0.1, -0.05) is 25.5 Å². The molecule has 5 fully saturated rings. The standard InChI is InChI=1S/C22H32O3/c1-19-9-10-22(23-11-12-24-22)13-15(19)3-4-16-17(19)5-7-20(2)18(16)6-8-21(20)14-25-21/h3,16-18H,4-14H2,1-2H3/t16-,17-,18+,19-,20-,21-/m0/s1. The van der Waals surface area contributed by atoms with Crippen molar-refractivity contribution in [3.8, 4) is 0 Å². The van der Waals surface area contributed by atoms with E-state index in [1.807, 2.05) is 0 Å². The minimum absolute atomic E-state index is 0.273. The van der Waals surface area contributed by atoms with Crippen molar-refractivity contribution in [3.63, 3.8) is 0 Å². The molecule has 138 valence electrons. The van der Waals surface area contributed by atoms with Crippen LogP contribution in [0.15, 0.2) is 11.6 Å². The number of allylic oxidation sites excluding steroid dienone is 1. The van der Waals surface area contributed by atoms with E-state index in [0.717, 1.165) is 50.4 Å². The molecule has 0 N–H and O–H groups in total. The average molecular weight is 344 g/mol. The summed E-state index contributed by atoms with van der Waals surface area (Å²) in [5.41, 5.74) is 2.75. The highest BCUT2D eigenvalue weighted by molar-refractivity contribution is 5.28. The highest BCUT2D eigenvalue weighted by Crippen LogP contribution is 2.71. The fourth-order valence-electron chi connectivity index (χ4n) is 8.00. The van der Waals surface area contributed by atoms with Crippen LogP contribution in [0.2, 0.25) is 0 Å². The Morgan fingerprint density at radius 2 is 1.68 bits per heavy atom. The maximum Gasteiger partial charge on any atom is 0.172 e. The van der Waals surface area contributed by atoms with Crippen LogP contribution in [0.1, 0.15) is 65.2 Å². The van der Waals surface area contributed by atoms with Gasteiger partial charge in [0.1, 0.15) is 0 Å². The zero-order chi connectivity index (χ0) is 16.9.